The zero-order valence-corrected chi connectivity index (χ0v) is 10.6. The number of hydrogen-bond acceptors (Lipinski definition) is 2. The molecule has 0 aromatic heterocycles. The fourth-order valence-corrected chi connectivity index (χ4v) is 2.78. The molecule has 2 fully saturated rings. The van der Waals surface area contributed by atoms with Gasteiger partial charge in [0.25, 0.3) is 0 Å². The molecular formula is C13H26N2. The van der Waals surface area contributed by atoms with E-state index >= 15 is 0 Å². The smallest absolute Gasteiger partial charge is 0.0303 e. The lowest BCUT2D eigenvalue weighted by molar-refractivity contribution is 0.0443. The van der Waals surface area contributed by atoms with Crippen molar-refractivity contribution in [3.05, 3.63) is 0 Å². The van der Waals surface area contributed by atoms with Crippen molar-refractivity contribution in [2.45, 2.75) is 58.0 Å². The third-order valence-corrected chi connectivity index (χ3v) is 4.37. The molecule has 15 heavy (non-hydrogen) atoms. The molecule has 0 aromatic rings. The molecule has 2 heteroatoms. The van der Waals surface area contributed by atoms with Gasteiger partial charge in [-0.15, -0.1) is 0 Å². The maximum Gasteiger partial charge on any atom is 0.0303 e. The summed E-state index contributed by atoms with van der Waals surface area (Å²) in [7, 11) is 0. The lowest BCUT2D eigenvalue weighted by atomic mass is 9.91. The summed E-state index contributed by atoms with van der Waals surface area (Å²) in [4.78, 5) is 2.73. The van der Waals surface area contributed by atoms with Gasteiger partial charge in [0.05, 0.1) is 0 Å². The fourth-order valence-electron chi connectivity index (χ4n) is 2.78. The Bertz CT molecular complexity index is 213. The Morgan fingerprint density at radius 3 is 2.60 bits per heavy atom. The van der Waals surface area contributed by atoms with E-state index < -0.39 is 0 Å². The summed E-state index contributed by atoms with van der Waals surface area (Å²) in [6.07, 6.45) is 5.46. The number of nitrogens with zero attached hydrogens (tertiary/aromatic N) is 1. The first kappa shape index (κ1) is 11.4. The van der Waals surface area contributed by atoms with Crippen LogP contribution in [0.5, 0.6) is 0 Å². The van der Waals surface area contributed by atoms with E-state index in [9.17, 15) is 0 Å². The van der Waals surface area contributed by atoms with Crippen LogP contribution >= 0.6 is 0 Å². The number of nitrogens with one attached hydrogen (secondary N) is 1. The van der Waals surface area contributed by atoms with Crippen LogP contribution in [0, 0.1) is 5.92 Å². The molecule has 2 aliphatic rings. The van der Waals surface area contributed by atoms with Crippen molar-refractivity contribution < 1.29 is 0 Å². The number of rotatable bonds is 4. The summed E-state index contributed by atoms with van der Waals surface area (Å²) < 4.78 is 0. The molecule has 2 rings (SSSR count). The predicted octanol–water partition coefficient (Wildman–Crippen LogP) is 2.25. The Kier molecular flexibility index (Phi) is 3.36. The van der Waals surface area contributed by atoms with Crippen LogP contribution in [0.15, 0.2) is 0 Å². The molecule has 2 atom stereocenters. The van der Waals surface area contributed by atoms with Crippen LogP contribution in [-0.2, 0) is 0 Å². The molecule has 0 radical (unpaired) electrons. The molecule has 1 saturated heterocycles. The molecule has 0 aromatic carbocycles. The monoisotopic (exact) mass is 210 g/mol. The lowest BCUT2D eigenvalue weighted by Gasteiger charge is -2.48. The second-order valence-corrected chi connectivity index (χ2v) is 5.62. The van der Waals surface area contributed by atoms with Crippen molar-refractivity contribution in [2.24, 2.45) is 5.92 Å². The summed E-state index contributed by atoms with van der Waals surface area (Å²) in [6, 6.07) is 0.788. The molecule has 0 bridgehead atoms. The molecule has 0 amide bonds. The molecular weight excluding hydrogens is 184 g/mol. The Morgan fingerprint density at radius 1 is 1.33 bits per heavy atom. The van der Waals surface area contributed by atoms with Crippen molar-refractivity contribution in [3.63, 3.8) is 0 Å². The van der Waals surface area contributed by atoms with E-state index in [2.05, 4.69) is 31.0 Å². The van der Waals surface area contributed by atoms with Crippen LogP contribution in [0.25, 0.3) is 0 Å². The normalized spacial score (nSPS) is 38.2. The summed E-state index contributed by atoms with van der Waals surface area (Å²) in [5.74, 6) is 0.991. The molecule has 1 heterocycles. The Morgan fingerprint density at radius 2 is 2.07 bits per heavy atom. The van der Waals surface area contributed by atoms with Gasteiger partial charge >= 0.3 is 0 Å². The van der Waals surface area contributed by atoms with Crippen LogP contribution < -0.4 is 5.32 Å². The molecule has 88 valence electrons. The van der Waals surface area contributed by atoms with E-state index in [1.807, 2.05) is 0 Å². The van der Waals surface area contributed by atoms with Crippen LogP contribution in [-0.4, -0.2) is 36.1 Å². The Hall–Kier alpha value is -0.0800. The highest BCUT2D eigenvalue weighted by molar-refractivity contribution is 4.99. The first-order chi connectivity index (χ1) is 7.19. The highest BCUT2D eigenvalue weighted by Crippen LogP contribution is 2.36. The minimum Gasteiger partial charge on any atom is -0.311 e. The highest BCUT2D eigenvalue weighted by Gasteiger charge is 2.41. The van der Waals surface area contributed by atoms with Gasteiger partial charge in [0.2, 0.25) is 0 Å². The van der Waals surface area contributed by atoms with Gasteiger partial charge in [0, 0.05) is 24.7 Å². The van der Waals surface area contributed by atoms with Crippen molar-refractivity contribution in [1.82, 2.24) is 10.2 Å². The van der Waals surface area contributed by atoms with Crippen LogP contribution in [0.2, 0.25) is 0 Å². The van der Waals surface area contributed by atoms with E-state index in [1.165, 1.54) is 45.3 Å². The molecule has 2 nitrogen and oxygen atoms in total. The second-order valence-electron chi connectivity index (χ2n) is 5.62. The summed E-state index contributed by atoms with van der Waals surface area (Å²) in [5.41, 5.74) is 0.404. The van der Waals surface area contributed by atoms with Crippen molar-refractivity contribution >= 4 is 0 Å². The van der Waals surface area contributed by atoms with E-state index in [4.69, 9.17) is 0 Å². The molecule has 1 aliphatic heterocycles. The third kappa shape index (κ3) is 2.36. The first-order valence-electron chi connectivity index (χ1n) is 6.68. The maximum atomic E-state index is 3.77. The Balaban J connectivity index is 1.97. The zero-order valence-electron chi connectivity index (χ0n) is 10.6. The maximum absolute atomic E-state index is 3.77. The van der Waals surface area contributed by atoms with E-state index in [0.29, 0.717) is 5.54 Å². The van der Waals surface area contributed by atoms with E-state index in [1.54, 1.807) is 0 Å². The van der Waals surface area contributed by atoms with Gasteiger partial charge in [0.1, 0.15) is 0 Å². The predicted molar refractivity (Wildman–Crippen MR) is 65.1 cm³/mol. The van der Waals surface area contributed by atoms with Crippen molar-refractivity contribution in [2.75, 3.05) is 19.6 Å². The quantitative estimate of drug-likeness (QED) is 0.765. The van der Waals surface area contributed by atoms with Crippen LogP contribution in [0.3, 0.4) is 0 Å². The first-order valence-corrected chi connectivity index (χ1v) is 6.68. The van der Waals surface area contributed by atoms with Gasteiger partial charge in [-0.3, -0.25) is 4.90 Å². The van der Waals surface area contributed by atoms with Gasteiger partial charge in [-0.2, -0.15) is 0 Å². The van der Waals surface area contributed by atoms with Gasteiger partial charge in [-0.05, 0) is 45.1 Å². The highest BCUT2D eigenvalue weighted by atomic mass is 15.3. The van der Waals surface area contributed by atoms with Crippen molar-refractivity contribution in [3.8, 4) is 0 Å². The SMILES string of the molecule is CCCN1CC(C2CC2)NCC1(C)CC. The summed E-state index contributed by atoms with van der Waals surface area (Å²) >= 11 is 0. The Labute approximate surface area is 94.4 Å². The second kappa shape index (κ2) is 4.42. The van der Waals surface area contributed by atoms with E-state index in [0.717, 1.165) is 12.0 Å². The molecule has 1 N–H and O–H groups in total. The third-order valence-electron chi connectivity index (χ3n) is 4.37. The van der Waals surface area contributed by atoms with Gasteiger partial charge < -0.3 is 5.32 Å². The minimum absolute atomic E-state index is 0.404. The van der Waals surface area contributed by atoms with Crippen molar-refractivity contribution in [1.29, 1.82) is 0 Å². The lowest BCUT2D eigenvalue weighted by Crippen LogP contribution is -2.63. The molecule has 2 unspecified atom stereocenters. The van der Waals surface area contributed by atoms with Gasteiger partial charge in [0.15, 0.2) is 0 Å². The summed E-state index contributed by atoms with van der Waals surface area (Å²) in [6.45, 7) is 10.8. The van der Waals surface area contributed by atoms with Crippen LogP contribution in [0.1, 0.15) is 46.5 Å². The zero-order chi connectivity index (χ0) is 10.9. The average molecular weight is 210 g/mol. The minimum atomic E-state index is 0.404. The van der Waals surface area contributed by atoms with Gasteiger partial charge in [-0.25, -0.2) is 0 Å². The topological polar surface area (TPSA) is 15.3 Å². The molecule has 1 aliphatic carbocycles. The number of hydrogen-bond donors (Lipinski definition) is 1. The van der Waals surface area contributed by atoms with E-state index in [-0.39, 0.29) is 0 Å². The largest absolute Gasteiger partial charge is 0.311 e. The molecule has 0 spiro atoms. The summed E-state index contributed by atoms with van der Waals surface area (Å²) in [5, 5.41) is 3.77. The van der Waals surface area contributed by atoms with Gasteiger partial charge in [-0.1, -0.05) is 13.8 Å². The van der Waals surface area contributed by atoms with Crippen LogP contribution in [0.4, 0.5) is 0 Å². The fraction of sp³-hybridized carbons (Fsp3) is 1.00. The average Bonchev–Trinajstić information content (AvgIpc) is 3.05. The molecule has 1 saturated carbocycles. The number of piperazine rings is 1. The standard InChI is InChI=1S/C13H26N2/c1-4-8-15-9-12(11-6-7-11)14-10-13(15,3)5-2/h11-12,14H,4-10H2,1-3H3.